The quantitative estimate of drug-likeness (QED) is 0.736. The van der Waals surface area contributed by atoms with Gasteiger partial charge in [-0.25, -0.2) is 0 Å². The molecule has 0 fully saturated rings. The first-order chi connectivity index (χ1) is 7.11. The number of aromatic hydroxyl groups is 1. The summed E-state index contributed by atoms with van der Waals surface area (Å²) in [6.07, 6.45) is 2.05. The van der Waals surface area contributed by atoms with E-state index in [2.05, 4.69) is 18.0 Å². The van der Waals surface area contributed by atoms with E-state index in [4.69, 9.17) is 5.73 Å². The summed E-state index contributed by atoms with van der Waals surface area (Å²) >= 11 is 0. The number of benzene rings is 1. The minimum Gasteiger partial charge on any atom is -0.507 e. The monoisotopic (exact) mass is 206 g/mol. The van der Waals surface area contributed by atoms with Gasteiger partial charge in [0, 0.05) is 36.4 Å². The van der Waals surface area contributed by atoms with E-state index in [0.717, 1.165) is 36.2 Å². The second-order valence-electron chi connectivity index (χ2n) is 4.31. The second kappa shape index (κ2) is 3.74. The van der Waals surface area contributed by atoms with E-state index in [1.54, 1.807) is 0 Å². The summed E-state index contributed by atoms with van der Waals surface area (Å²) in [5.41, 5.74) is 8.86. The van der Waals surface area contributed by atoms with Crippen molar-refractivity contribution in [2.24, 2.45) is 5.73 Å². The fourth-order valence-corrected chi connectivity index (χ4v) is 2.23. The van der Waals surface area contributed by atoms with Gasteiger partial charge >= 0.3 is 0 Å². The lowest BCUT2D eigenvalue weighted by Crippen LogP contribution is -2.25. The van der Waals surface area contributed by atoms with Crippen molar-refractivity contribution in [3.8, 4) is 5.75 Å². The maximum absolute atomic E-state index is 10.1. The van der Waals surface area contributed by atoms with E-state index < -0.39 is 0 Å². The molecule has 1 aromatic rings. The van der Waals surface area contributed by atoms with Gasteiger partial charge in [-0.1, -0.05) is 6.07 Å². The van der Waals surface area contributed by atoms with Crippen LogP contribution in [0.25, 0.3) is 0 Å². The highest BCUT2D eigenvalue weighted by Gasteiger charge is 2.20. The molecule has 82 valence electrons. The number of nitrogens with zero attached hydrogens (tertiary/aromatic N) is 1. The Morgan fingerprint density at radius 1 is 1.47 bits per heavy atom. The fraction of sp³-hybridized carbons (Fsp3) is 0.500. The zero-order valence-electron chi connectivity index (χ0n) is 9.33. The van der Waals surface area contributed by atoms with Crippen LogP contribution in [0.1, 0.15) is 30.5 Å². The number of phenols is 1. The van der Waals surface area contributed by atoms with Gasteiger partial charge < -0.3 is 15.7 Å². The number of hydrogen-bond acceptors (Lipinski definition) is 3. The molecule has 0 bridgehead atoms. The first-order valence-electron chi connectivity index (χ1n) is 5.42. The van der Waals surface area contributed by atoms with Gasteiger partial charge in [0.25, 0.3) is 0 Å². The van der Waals surface area contributed by atoms with E-state index in [-0.39, 0.29) is 6.04 Å². The Balaban J connectivity index is 2.52. The molecule has 1 aliphatic rings. The van der Waals surface area contributed by atoms with Gasteiger partial charge in [-0.3, -0.25) is 0 Å². The molecule has 0 saturated carbocycles. The number of fused-ring (bicyclic) bond motifs is 1. The summed E-state index contributed by atoms with van der Waals surface area (Å²) in [5, 5.41) is 10.1. The Hall–Kier alpha value is -1.22. The molecule has 1 atom stereocenters. The van der Waals surface area contributed by atoms with Crippen LogP contribution >= 0.6 is 0 Å². The molecule has 1 unspecified atom stereocenters. The second-order valence-corrected chi connectivity index (χ2v) is 4.31. The molecule has 0 saturated heterocycles. The van der Waals surface area contributed by atoms with E-state index >= 15 is 0 Å². The lowest BCUT2D eigenvalue weighted by molar-refractivity contribution is 0.454. The van der Waals surface area contributed by atoms with Crippen molar-refractivity contribution in [2.75, 3.05) is 18.5 Å². The highest BCUT2D eigenvalue weighted by Crippen LogP contribution is 2.37. The number of phenolic OH excluding ortho intramolecular Hbond substituents is 1. The topological polar surface area (TPSA) is 49.5 Å². The molecule has 2 rings (SSSR count). The largest absolute Gasteiger partial charge is 0.507 e. The van der Waals surface area contributed by atoms with Crippen LogP contribution in [0.15, 0.2) is 12.1 Å². The third kappa shape index (κ3) is 1.67. The van der Waals surface area contributed by atoms with Crippen molar-refractivity contribution in [2.45, 2.75) is 25.8 Å². The summed E-state index contributed by atoms with van der Waals surface area (Å²) in [5.74, 6) is 0.397. The van der Waals surface area contributed by atoms with Crippen LogP contribution in [0.4, 0.5) is 5.69 Å². The van der Waals surface area contributed by atoms with Crippen LogP contribution in [-0.4, -0.2) is 18.7 Å². The number of anilines is 1. The Bertz CT molecular complexity index is 374. The smallest absolute Gasteiger partial charge is 0.125 e. The average Bonchev–Trinajstić information content (AvgIpc) is 2.19. The van der Waals surface area contributed by atoms with Crippen LogP contribution in [0.2, 0.25) is 0 Å². The zero-order valence-corrected chi connectivity index (χ0v) is 9.33. The SMILES string of the molecule is CC(N)c1ccc2c(c1O)CCCN2C. The van der Waals surface area contributed by atoms with Crippen molar-refractivity contribution in [1.82, 2.24) is 0 Å². The van der Waals surface area contributed by atoms with Crippen molar-refractivity contribution < 1.29 is 5.11 Å². The van der Waals surface area contributed by atoms with E-state index in [0.29, 0.717) is 5.75 Å². The highest BCUT2D eigenvalue weighted by molar-refractivity contribution is 5.63. The van der Waals surface area contributed by atoms with Crippen molar-refractivity contribution in [3.63, 3.8) is 0 Å². The molecule has 0 aromatic heterocycles. The fourth-order valence-electron chi connectivity index (χ4n) is 2.23. The van der Waals surface area contributed by atoms with E-state index in [1.807, 2.05) is 13.0 Å². The molecular formula is C12H18N2O. The van der Waals surface area contributed by atoms with Crippen molar-refractivity contribution >= 4 is 5.69 Å². The molecule has 0 radical (unpaired) electrons. The van der Waals surface area contributed by atoms with Crippen LogP contribution < -0.4 is 10.6 Å². The molecule has 1 aromatic carbocycles. The number of rotatable bonds is 1. The van der Waals surface area contributed by atoms with Crippen molar-refractivity contribution in [3.05, 3.63) is 23.3 Å². The molecule has 0 aliphatic carbocycles. The Morgan fingerprint density at radius 3 is 2.87 bits per heavy atom. The van der Waals surface area contributed by atoms with E-state index in [9.17, 15) is 5.11 Å². The summed E-state index contributed by atoms with van der Waals surface area (Å²) in [4.78, 5) is 2.18. The highest BCUT2D eigenvalue weighted by atomic mass is 16.3. The minimum atomic E-state index is -0.109. The molecular weight excluding hydrogens is 188 g/mol. The van der Waals surface area contributed by atoms with Gasteiger partial charge in [-0.15, -0.1) is 0 Å². The van der Waals surface area contributed by atoms with Crippen molar-refractivity contribution in [1.29, 1.82) is 0 Å². The van der Waals surface area contributed by atoms with Gasteiger partial charge in [0.15, 0.2) is 0 Å². The normalized spacial score (nSPS) is 17.4. The first kappa shape index (κ1) is 10.3. The Morgan fingerprint density at radius 2 is 2.20 bits per heavy atom. The summed E-state index contributed by atoms with van der Waals surface area (Å²) in [6, 6.07) is 3.88. The van der Waals surface area contributed by atoms with E-state index in [1.165, 1.54) is 0 Å². The molecule has 1 aliphatic heterocycles. The predicted octanol–water partition coefficient (Wildman–Crippen LogP) is 1.79. The van der Waals surface area contributed by atoms with Crippen LogP contribution in [-0.2, 0) is 6.42 Å². The Kier molecular flexibility index (Phi) is 2.57. The van der Waals surface area contributed by atoms with Crippen LogP contribution in [0, 0.1) is 0 Å². The molecule has 0 amide bonds. The molecule has 3 nitrogen and oxygen atoms in total. The third-order valence-electron chi connectivity index (χ3n) is 3.11. The number of hydrogen-bond donors (Lipinski definition) is 2. The lowest BCUT2D eigenvalue weighted by atomic mass is 9.96. The van der Waals surface area contributed by atoms with Crippen LogP contribution in [0.3, 0.4) is 0 Å². The molecule has 3 heteroatoms. The molecule has 0 spiro atoms. The van der Waals surface area contributed by atoms with Gasteiger partial charge in [0.2, 0.25) is 0 Å². The van der Waals surface area contributed by atoms with Gasteiger partial charge in [0.1, 0.15) is 5.75 Å². The van der Waals surface area contributed by atoms with Gasteiger partial charge in [0.05, 0.1) is 0 Å². The molecule has 3 N–H and O–H groups in total. The average molecular weight is 206 g/mol. The lowest BCUT2D eigenvalue weighted by Gasteiger charge is -2.29. The summed E-state index contributed by atoms with van der Waals surface area (Å²) in [7, 11) is 2.06. The summed E-state index contributed by atoms with van der Waals surface area (Å²) < 4.78 is 0. The number of nitrogens with two attached hydrogens (primary N) is 1. The van der Waals surface area contributed by atoms with Gasteiger partial charge in [-0.05, 0) is 25.8 Å². The Labute approximate surface area is 90.5 Å². The zero-order chi connectivity index (χ0) is 11.0. The van der Waals surface area contributed by atoms with Crippen LogP contribution in [0.5, 0.6) is 5.75 Å². The molecule has 1 heterocycles. The maximum atomic E-state index is 10.1. The first-order valence-corrected chi connectivity index (χ1v) is 5.42. The standard InChI is InChI=1S/C12H18N2O/c1-8(13)9-5-6-11-10(12(9)15)4-3-7-14(11)2/h5-6,8,15H,3-4,7,13H2,1-2H3. The third-order valence-corrected chi connectivity index (χ3v) is 3.11. The maximum Gasteiger partial charge on any atom is 0.125 e. The summed E-state index contributed by atoms with van der Waals surface area (Å²) in [6.45, 7) is 2.96. The molecule has 15 heavy (non-hydrogen) atoms. The van der Waals surface area contributed by atoms with Gasteiger partial charge in [-0.2, -0.15) is 0 Å². The minimum absolute atomic E-state index is 0.109. The predicted molar refractivity (Wildman–Crippen MR) is 62.3 cm³/mol.